The summed E-state index contributed by atoms with van der Waals surface area (Å²) in [7, 11) is 4.11. The van der Waals surface area contributed by atoms with Crippen LogP contribution in [0.3, 0.4) is 0 Å². The molecule has 8 nitrogen and oxygen atoms in total. The van der Waals surface area contributed by atoms with Gasteiger partial charge in [-0.15, -0.1) is 0 Å². The summed E-state index contributed by atoms with van der Waals surface area (Å²) >= 11 is 0. The molecule has 4 aliphatic heterocycles. The summed E-state index contributed by atoms with van der Waals surface area (Å²) in [6.45, 7) is 13.1. The molecule has 0 radical (unpaired) electrons. The first-order valence-corrected chi connectivity index (χ1v) is 16.3. The highest BCUT2D eigenvalue weighted by atomic mass is 16.8. The molecule has 2 aromatic carbocycles. The third-order valence-electron chi connectivity index (χ3n) is 10.5. The Balaban J connectivity index is 0.000000175. The minimum Gasteiger partial charge on any atom is -0.394 e. The van der Waals surface area contributed by atoms with Gasteiger partial charge in [-0.3, -0.25) is 0 Å². The number of aliphatic hydroxyl groups excluding tert-OH is 1. The van der Waals surface area contributed by atoms with Crippen molar-refractivity contribution in [3.05, 3.63) is 71.8 Å². The largest absolute Gasteiger partial charge is 0.394 e. The molecule has 0 aromatic heterocycles. The van der Waals surface area contributed by atoms with Crippen LogP contribution in [0.25, 0.3) is 0 Å². The summed E-state index contributed by atoms with van der Waals surface area (Å²) in [6, 6.07) is 21.0. The van der Waals surface area contributed by atoms with Crippen molar-refractivity contribution in [1.29, 1.82) is 0 Å². The zero-order valence-corrected chi connectivity index (χ0v) is 27.6. The monoisotopic (exact) mass is 608 g/mol. The molecule has 10 atom stereocenters. The van der Waals surface area contributed by atoms with Crippen LogP contribution in [0.1, 0.15) is 77.7 Å². The van der Waals surface area contributed by atoms with E-state index in [4.69, 9.17) is 18.9 Å². The molecule has 44 heavy (non-hydrogen) atoms. The third kappa shape index (κ3) is 5.79. The quantitative estimate of drug-likeness (QED) is 0.414. The van der Waals surface area contributed by atoms with Gasteiger partial charge in [0.05, 0.1) is 12.7 Å². The van der Waals surface area contributed by atoms with Crippen LogP contribution in [0.2, 0.25) is 0 Å². The first-order chi connectivity index (χ1) is 21.0. The maximum atomic E-state index is 11.3. The molecule has 4 saturated heterocycles. The second-order valence-electron chi connectivity index (χ2n) is 13.7. The van der Waals surface area contributed by atoms with Gasteiger partial charge < -0.3 is 28.8 Å². The normalized spacial score (nSPS) is 39.1. The molecule has 6 rings (SSSR count). The molecule has 1 N–H and O–H groups in total. The van der Waals surface area contributed by atoms with Gasteiger partial charge in [-0.05, 0) is 63.7 Å². The van der Waals surface area contributed by atoms with Crippen LogP contribution >= 0.6 is 0 Å². The molecule has 0 bridgehead atoms. The highest BCUT2D eigenvalue weighted by Crippen LogP contribution is 2.53. The Morgan fingerprint density at radius 3 is 1.59 bits per heavy atom. The van der Waals surface area contributed by atoms with Crippen LogP contribution in [0.15, 0.2) is 60.7 Å². The van der Waals surface area contributed by atoms with Gasteiger partial charge in [-0.2, -0.15) is 0 Å². The number of hydrogen-bond acceptors (Lipinski definition) is 8. The predicted molar refractivity (Wildman–Crippen MR) is 169 cm³/mol. The molecule has 4 aliphatic rings. The van der Waals surface area contributed by atoms with Crippen LogP contribution in [0.4, 0.5) is 0 Å². The van der Waals surface area contributed by atoms with Crippen molar-refractivity contribution in [3.63, 3.8) is 0 Å². The molecule has 2 aromatic rings. The highest BCUT2D eigenvalue weighted by Gasteiger charge is 2.62. The minimum atomic E-state index is -0.792. The van der Waals surface area contributed by atoms with E-state index >= 15 is 0 Å². The van der Waals surface area contributed by atoms with E-state index in [1.54, 1.807) is 0 Å². The van der Waals surface area contributed by atoms with Crippen LogP contribution < -0.4 is 0 Å². The van der Waals surface area contributed by atoms with Crippen LogP contribution in [0.5, 0.6) is 0 Å². The van der Waals surface area contributed by atoms with Gasteiger partial charge in [0.1, 0.15) is 24.6 Å². The molecule has 4 fully saturated rings. The maximum absolute atomic E-state index is 11.3. The Bertz CT molecular complexity index is 1230. The predicted octanol–water partition coefficient (Wildman–Crippen LogP) is 5.78. The van der Waals surface area contributed by atoms with Crippen molar-refractivity contribution in [2.24, 2.45) is 23.7 Å². The molecular weight excluding hydrogens is 556 g/mol. The Morgan fingerprint density at radius 2 is 1.18 bits per heavy atom. The van der Waals surface area contributed by atoms with Gasteiger partial charge in [-0.25, -0.2) is 9.80 Å². The molecule has 4 heterocycles. The van der Waals surface area contributed by atoms with Crippen LogP contribution in [-0.4, -0.2) is 78.0 Å². The molecule has 2 spiro atoms. The van der Waals surface area contributed by atoms with E-state index in [0.29, 0.717) is 11.8 Å². The van der Waals surface area contributed by atoms with E-state index in [-0.39, 0.29) is 54.9 Å². The topological polar surface area (TPSA) is 80.7 Å². The number of carbonyl (C=O) groups is 1. The molecule has 0 aliphatic carbocycles. The lowest BCUT2D eigenvalue weighted by Gasteiger charge is -2.38. The van der Waals surface area contributed by atoms with E-state index in [9.17, 15) is 9.90 Å². The number of rotatable bonds is 6. The zero-order chi connectivity index (χ0) is 31.8. The fourth-order valence-electron chi connectivity index (χ4n) is 7.74. The molecular formula is C36H52N2O6. The number of ether oxygens (including phenoxy) is 4. The Kier molecular flexibility index (Phi) is 10.0. The number of nitrogens with zero attached hydrogens (tertiary/aromatic N) is 2. The Labute approximate surface area is 263 Å². The summed E-state index contributed by atoms with van der Waals surface area (Å²) in [5.74, 6) is -0.259. The van der Waals surface area contributed by atoms with Crippen molar-refractivity contribution in [2.75, 3.05) is 20.7 Å². The summed E-state index contributed by atoms with van der Waals surface area (Å²) in [5, 5.41) is 9.55. The number of aliphatic hydroxyl groups is 1. The summed E-state index contributed by atoms with van der Waals surface area (Å²) < 4.78 is 25.3. The number of aldehydes is 1. The third-order valence-corrected chi connectivity index (χ3v) is 10.5. The van der Waals surface area contributed by atoms with E-state index in [0.717, 1.165) is 24.7 Å². The van der Waals surface area contributed by atoms with Crippen molar-refractivity contribution < 1.29 is 28.8 Å². The number of hydrogen-bond donors (Lipinski definition) is 1. The van der Waals surface area contributed by atoms with E-state index in [1.165, 1.54) is 5.56 Å². The summed E-state index contributed by atoms with van der Waals surface area (Å²) in [4.78, 5) is 15.6. The molecule has 0 unspecified atom stereocenters. The standard InChI is InChI=1S/C18H27NO3.C18H25NO3/c2*1-12(2)16-10-15(11-20)21-18(16)19(4)13(3)17(22-18)14-8-6-5-7-9-14/h5-9,12-13,15-17,20H,10-11H2,1-4H3;5-9,11-13,15-17H,10H2,1-4H3/t2*13-,15-,16-,17+,18-/m00/s1. The number of benzene rings is 2. The molecule has 8 heteroatoms. The smallest absolute Gasteiger partial charge is 0.234 e. The molecule has 0 amide bonds. The second kappa shape index (κ2) is 13.3. The van der Waals surface area contributed by atoms with Crippen LogP contribution in [-0.2, 0) is 23.7 Å². The van der Waals surface area contributed by atoms with Gasteiger partial charge >= 0.3 is 0 Å². The lowest BCUT2D eigenvalue weighted by Crippen LogP contribution is -2.51. The van der Waals surface area contributed by atoms with Gasteiger partial charge in [-0.1, -0.05) is 88.4 Å². The molecule has 242 valence electrons. The minimum absolute atomic E-state index is 0.00936. The van der Waals surface area contributed by atoms with Crippen molar-refractivity contribution in [1.82, 2.24) is 9.80 Å². The van der Waals surface area contributed by atoms with E-state index < -0.39 is 11.8 Å². The van der Waals surface area contributed by atoms with E-state index in [1.807, 2.05) is 43.4 Å². The van der Waals surface area contributed by atoms with Crippen molar-refractivity contribution in [3.8, 4) is 0 Å². The average Bonchev–Trinajstić information content (AvgIpc) is 3.75. The second-order valence-corrected chi connectivity index (χ2v) is 13.7. The average molecular weight is 609 g/mol. The molecule has 0 saturated carbocycles. The fraction of sp³-hybridized carbons (Fsp3) is 0.639. The summed E-state index contributed by atoms with van der Waals surface area (Å²) in [6.07, 6.45) is 1.89. The zero-order valence-electron chi connectivity index (χ0n) is 27.6. The maximum Gasteiger partial charge on any atom is 0.234 e. The lowest BCUT2D eigenvalue weighted by atomic mass is 9.89. The fourth-order valence-corrected chi connectivity index (χ4v) is 7.74. The number of likely N-dealkylation sites (N-methyl/N-ethyl adjacent to an activating group) is 2. The van der Waals surface area contributed by atoms with Crippen molar-refractivity contribution >= 4 is 6.29 Å². The first-order valence-electron chi connectivity index (χ1n) is 16.3. The number of carbonyl (C=O) groups excluding carboxylic acids is 1. The Hall–Kier alpha value is -2.17. The SMILES string of the molecule is CC(C)[C@@H]1C[C@@H](C=O)O[C@]12O[C@@H](c1ccccc1)[C@H](C)N2C.CC(C)[C@@H]1C[C@@H](CO)O[C@]12O[C@@H](c1ccccc1)[C@H](C)N2C. The van der Waals surface area contributed by atoms with Gasteiger partial charge in [0.15, 0.2) is 0 Å². The summed E-state index contributed by atoms with van der Waals surface area (Å²) in [5.41, 5.74) is 2.33. The van der Waals surface area contributed by atoms with Gasteiger partial charge in [0, 0.05) is 23.9 Å². The van der Waals surface area contributed by atoms with Gasteiger partial charge in [0.25, 0.3) is 0 Å². The van der Waals surface area contributed by atoms with Gasteiger partial charge in [0.2, 0.25) is 11.8 Å². The first kappa shape index (κ1) is 33.2. The van der Waals surface area contributed by atoms with E-state index in [2.05, 4.69) is 82.7 Å². The highest BCUT2D eigenvalue weighted by molar-refractivity contribution is 5.56. The Morgan fingerprint density at radius 1 is 0.750 bits per heavy atom. The van der Waals surface area contributed by atoms with Crippen molar-refractivity contribution in [2.45, 2.75) is 103 Å². The lowest BCUT2D eigenvalue weighted by molar-refractivity contribution is -0.297. The van der Waals surface area contributed by atoms with Crippen LogP contribution in [0, 0.1) is 23.7 Å².